The van der Waals surface area contributed by atoms with Crippen LogP contribution in [0.4, 0.5) is 10.1 Å². The van der Waals surface area contributed by atoms with Gasteiger partial charge >= 0.3 is 0 Å². The predicted molar refractivity (Wildman–Crippen MR) is 79.6 cm³/mol. The Morgan fingerprint density at radius 1 is 1.45 bits per heavy atom. The minimum atomic E-state index is -0.884. The predicted octanol–water partition coefficient (Wildman–Crippen LogP) is 3.98. The molecule has 0 radical (unpaired) electrons. The molecule has 0 aromatic heterocycles. The maximum atomic E-state index is 13.3. The first kappa shape index (κ1) is 15.5. The lowest BCUT2D eigenvalue weighted by atomic mass is 9.76. The Hall–Kier alpha value is -0.840. The van der Waals surface area contributed by atoms with E-state index in [-0.39, 0.29) is 16.0 Å². The zero-order valence-corrected chi connectivity index (χ0v) is 12.7. The first-order chi connectivity index (χ1) is 9.32. The van der Waals surface area contributed by atoms with Crippen LogP contribution in [0.5, 0.6) is 0 Å². The first-order valence-corrected chi connectivity index (χ1v) is 7.32. The minimum Gasteiger partial charge on any atom is -0.324 e. The fourth-order valence-corrected chi connectivity index (χ4v) is 3.17. The number of carbonyl (C=O) groups is 1. The number of benzene rings is 1. The van der Waals surface area contributed by atoms with Gasteiger partial charge in [0.2, 0.25) is 5.91 Å². The molecular weight excluding hydrogens is 302 g/mol. The number of carbonyl (C=O) groups excluding carboxylic acids is 1. The van der Waals surface area contributed by atoms with Crippen molar-refractivity contribution >= 4 is 34.8 Å². The van der Waals surface area contributed by atoms with Gasteiger partial charge in [0.15, 0.2) is 5.82 Å². The average Bonchev–Trinajstić information content (AvgIpc) is 2.35. The molecule has 20 heavy (non-hydrogen) atoms. The van der Waals surface area contributed by atoms with Crippen LogP contribution in [0.2, 0.25) is 10.0 Å². The van der Waals surface area contributed by atoms with Crippen LogP contribution in [0.1, 0.15) is 32.6 Å². The zero-order chi connectivity index (χ0) is 14.9. The van der Waals surface area contributed by atoms with Gasteiger partial charge in [0, 0.05) is 5.69 Å². The Morgan fingerprint density at radius 3 is 2.60 bits per heavy atom. The lowest BCUT2D eigenvalue weighted by molar-refractivity contribution is -0.122. The molecule has 0 saturated heterocycles. The van der Waals surface area contributed by atoms with Crippen LogP contribution in [0.15, 0.2) is 12.1 Å². The lowest BCUT2D eigenvalue weighted by Gasteiger charge is -2.35. The average molecular weight is 319 g/mol. The van der Waals surface area contributed by atoms with Crippen LogP contribution in [-0.4, -0.2) is 11.4 Å². The van der Waals surface area contributed by atoms with E-state index in [1.807, 2.05) is 0 Å². The molecule has 3 nitrogen and oxygen atoms in total. The molecule has 2 atom stereocenters. The zero-order valence-electron chi connectivity index (χ0n) is 11.2. The molecule has 1 aliphatic carbocycles. The number of anilines is 1. The Labute approximate surface area is 127 Å². The molecule has 1 fully saturated rings. The number of hydrogen-bond donors (Lipinski definition) is 2. The van der Waals surface area contributed by atoms with Crippen molar-refractivity contribution in [2.75, 3.05) is 5.32 Å². The van der Waals surface area contributed by atoms with Crippen LogP contribution >= 0.6 is 23.2 Å². The van der Waals surface area contributed by atoms with Gasteiger partial charge in [-0.3, -0.25) is 4.79 Å². The lowest BCUT2D eigenvalue weighted by Crippen LogP contribution is -2.53. The molecule has 6 heteroatoms. The van der Waals surface area contributed by atoms with E-state index >= 15 is 0 Å². The standard InChI is InChI=1S/C14H17Cl2FN2O/c1-8-3-2-4-14(18,7-8)13(20)19-9-5-10(15)12(17)11(16)6-9/h5-6,8H,2-4,7,18H2,1H3,(H,19,20). The van der Waals surface area contributed by atoms with Gasteiger partial charge in [-0.1, -0.05) is 43.0 Å². The number of nitrogens with two attached hydrogens (primary N) is 1. The summed E-state index contributed by atoms with van der Waals surface area (Å²) < 4.78 is 13.3. The Morgan fingerprint density at radius 2 is 2.05 bits per heavy atom. The van der Waals surface area contributed by atoms with E-state index in [0.29, 0.717) is 24.4 Å². The Balaban J connectivity index is 2.15. The van der Waals surface area contributed by atoms with Gasteiger partial charge in [-0.15, -0.1) is 0 Å². The fourth-order valence-electron chi connectivity index (χ4n) is 2.68. The largest absolute Gasteiger partial charge is 0.324 e. The molecule has 1 saturated carbocycles. The highest BCUT2D eigenvalue weighted by Crippen LogP contribution is 2.32. The van der Waals surface area contributed by atoms with E-state index in [4.69, 9.17) is 28.9 Å². The summed E-state index contributed by atoms with van der Waals surface area (Å²) in [7, 11) is 0. The normalized spacial score (nSPS) is 26.4. The molecule has 2 rings (SSSR count). The van der Waals surface area contributed by atoms with Crippen molar-refractivity contribution in [3.63, 3.8) is 0 Å². The monoisotopic (exact) mass is 318 g/mol. The molecule has 2 unspecified atom stereocenters. The summed E-state index contributed by atoms with van der Waals surface area (Å²) in [5.74, 6) is -0.553. The van der Waals surface area contributed by atoms with Crippen molar-refractivity contribution in [3.8, 4) is 0 Å². The fraction of sp³-hybridized carbons (Fsp3) is 0.500. The molecule has 1 aromatic rings. The third kappa shape index (κ3) is 3.25. The van der Waals surface area contributed by atoms with Crippen molar-refractivity contribution in [1.29, 1.82) is 0 Å². The molecule has 0 aliphatic heterocycles. The van der Waals surface area contributed by atoms with Gasteiger partial charge in [0.05, 0.1) is 15.6 Å². The Bertz CT molecular complexity index is 515. The van der Waals surface area contributed by atoms with Gasteiger partial charge in [0.1, 0.15) is 0 Å². The molecule has 110 valence electrons. The topological polar surface area (TPSA) is 55.1 Å². The summed E-state index contributed by atoms with van der Waals surface area (Å²) in [5.41, 5.74) is 5.67. The van der Waals surface area contributed by atoms with Crippen LogP contribution in [0.3, 0.4) is 0 Å². The maximum absolute atomic E-state index is 13.3. The second kappa shape index (κ2) is 5.88. The summed E-state index contributed by atoms with van der Waals surface area (Å²) in [6, 6.07) is 2.66. The van der Waals surface area contributed by atoms with Gasteiger partial charge in [-0.25, -0.2) is 4.39 Å². The highest BCUT2D eigenvalue weighted by Gasteiger charge is 2.38. The van der Waals surface area contributed by atoms with Crippen LogP contribution in [0, 0.1) is 11.7 Å². The van der Waals surface area contributed by atoms with Gasteiger partial charge < -0.3 is 11.1 Å². The van der Waals surface area contributed by atoms with E-state index in [1.54, 1.807) is 0 Å². The molecular formula is C14H17Cl2FN2O. The quantitative estimate of drug-likeness (QED) is 0.810. The van der Waals surface area contributed by atoms with Crippen LogP contribution < -0.4 is 11.1 Å². The van der Waals surface area contributed by atoms with E-state index in [9.17, 15) is 9.18 Å². The van der Waals surface area contributed by atoms with Crippen LogP contribution in [0.25, 0.3) is 0 Å². The molecule has 1 amide bonds. The SMILES string of the molecule is CC1CCCC(N)(C(=O)Nc2cc(Cl)c(F)c(Cl)c2)C1. The number of rotatable bonds is 2. The molecule has 1 aliphatic rings. The molecule has 3 N–H and O–H groups in total. The number of amides is 1. The molecule has 1 aromatic carbocycles. The van der Waals surface area contributed by atoms with Crippen molar-refractivity contribution in [2.24, 2.45) is 11.7 Å². The van der Waals surface area contributed by atoms with Gasteiger partial charge in [-0.2, -0.15) is 0 Å². The van der Waals surface area contributed by atoms with Crippen molar-refractivity contribution < 1.29 is 9.18 Å². The van der Waals surface area contributed by atoms with Crippen LogP contribution in [-0.2, 0) is 4.79 Å². The summed E-state index contributed by atoms with van der Waals surface area (Å²) in [6.45, 7) is 2.08. The van der Waals surface area contributed by atoms with E-state index in [1.165, 1.54) is 12.1 Å². The molecule has 0 spiro atoms. The second-order valence-electron chi connectivity index (χ2n) is 5.57. The highest BCUT2D eigenvalue weighted by molar-refractivity contribution is 6.35. The number of hydrogen-bond acceptors (Lipinski definition) is 2. The van der Waals surface area contributed by atoms with E-state index in [2.05, 4.69) is 12.2 Å². The van der Waals surface area contributed by atoms with E-state index < -0.39 is 11.4 Å². The van der Waals surface area contributed by atoms with Gasteiger partial charge in [0.25, 0.3) is 0 Å². The van der Waals surface area contributed by atoms with E-state index in [0.717, 1.165) is 12.8 Å². The molecule has 0 bridgehead atoms. The number of nitrogens with one attached hydrogen (secondary N) is 1. The third-order valence-electron chi connectivity index (χ3n) is 3.73. The maximum Gasteiger partial charge on any atom is 0.244 e. The van der Waals surface area contributed by atoms with Gasteiger partial charge in [-0.05, 0) is 30.9 Å². The van der Waals surface area contributed by atoms with Crippen molar-refractivity contribution in [1.82, 2.24) is 0 Å². The Kier molecular flexibility index (Phi) is 4.57. The number of halogens is 3. The molecule has 0 heterocycles. The minimum absolute atomic E-state index is 0.129. The smallest absolute Gasteiger partial charge is 0.244 e. The third-order valence-corrected chi connectivity index (χ3v) is 4.28. The summed E-state index contributed by atoms with van der Waals surface area (Å²) >= 11 is 11.4. The highest BCUT2D eigenvalue weighted by atomic mass is 35.5. The summed E-state index contributed by atoms with van der Waals surface area (Å²) in [4.78, 5) is 12.3. The summed E-state index contributed by atoms with van der Waals surface area (Å²) in [5, 5.41) is 2.42. The van der Waals surface area contributed by atoms with Crippen molar-refractivity contribution in [2.45, 2.75) is 38.1 Å². The first-order valence-electron chi connectivity index (χ1n) is 6.57. The summed E-state index contributed by atoms with van der Waals surface area (Å²) in [6.07, 6.45) is 3.30. The second-order valence-corrected chi connectivity index (χ2v) is 6.38. The van der Waals surface area contributed by atoms with Crippen molar-refractivity contribution in [3.05, 3.63) is 28.0 Å².